The Morgan fingerprint density at radius 3 is 1.88 bits per heavy atom. The van der Waals surface area contributed by atoms with Crippen LogP contribution in [0.4, 0.5) is 11.4 Å². The third-order valence-corrected chi connectivity index (χ3v) is 11.3. The van der Waals surface area contributed by atoms with Gasteiger partial charge in [-0.3, -0.25) is 9.59 Å². The van der Waals surface area contributed by atoms with Gasteiger partial charge in [-0.1, -0.05) is 0 Å². The number of hydrogen-bond acceptors (Lipinski definition) is 10. The highest BCUT2D eigenvalue weighted by Crippen LogP contribution is 2.31. The first-order valence-electron chi connectivity index (χ1n) is 12.2. The maximum Gasteiger partial charge on any atom is 0.243 e. The number of nitrogens with zero attached hydrogens (tertiary/aromatic N) is 1. The van der Waals surface area contributed by atoms with Gasteiger partial charge in [0.25, 0.3) is 0 Å². The maximum absolute atomic E-state index is 13.8. The van der Waals surface area contributed by atoms with Crippen molar-refractivity contribution in [2.24, 2.45) is 0 Å². The fourth-order valence-electron chi connectivity index (χ4n) is 4.29. The zero-order valence-corrected chi connectivity index (χ0v) is 25.3. The number of sulfone groups is 1. The Morgan fingerprint density at radius 1 is 0.902 bits per heavy atom. The lowest BCUT2D eigenvalue weighted by Gasteiger charge is -2.28. The van der Waals surface area contributed by atoms with Crippen LogP contribution in [0.5, 0.6) is 11.5 Å². The van der Waals surface area contributed by atoms with Crippen molar-refractivity contribution in [3.8, 4) is 11.5 Å². The minimum atomic E-state index is -4.37. The van der Waals surface area contributed by atoms with E-state index in [0.717, 1.165) is 4.31 Å². The molecule has 1 saturated heterocycles. The van der Waals surface area contributed by atoms with Gasteiger partial charge in [0.1, 0.15) is 11.5 Å². The van der Waals surface area contributed by atoms with Gasteiger partial charge >= 0.3 is 0 Å². The van der Waals surface area contributed by atoms with Gasteiger partial charge in [0.05, 0.1) is 46.9 Å². The lowest BCUT2D eigenvalue weighted by molar-refractivity contribution is -0.115. The second kappa shape index (κ2) is 12.7. The number of sulfonamides is 2. The highest BCUT2D eigenvalue weighted by molar-refractivity contribution is 7.92. The van der Waals surface area contributed by atoms with E-state index in [4.69, 9.17) is 9.47 Å². The summed E-state index contributed by atoms with van der Waals surface area (Å²) in [5.41, 5.74) is 0.216. The first-order chi connectivity index (χ1) is 19.1. The summed E-state index contributed by atoms with van der Waals surface area (Å²) in [7, 11) is -9.36. The smallest absolute Gasteiger partial charge is 0.243 e. The third-order valence-electron chi connectivity index (χ3n) is 6.12. The van der Waals surface area contributed by atoms with Crippen LogP contribution in [0.1, 0.15) is 20.3 Å². The molecule has 0 aliphatic carbocycles. The standard InChI is InChI=1S/C24H32N4O10S3/c1-16(29)26-21-13-19(5-7-23(21)37-3)40(33,34)25-10-11-28(18-9-12-39(31,32)15-18)41(35,36)20-6-8-24(38-4)22(14-20)27-17(2)30/h5-8,13-14,18,25H,9-12,15H2,1-4H3,(H,26,29)(H,27,30)/t18-/m0/s1. The van der Waals surface area contributed by atoms with E-state index in [1.807, 2.05) is 0 Å². The van der Waals surface area contributed by atoms with Crippen molar-refractivity contribution in [2.75, 3.05) is 49.4 Å². The molecule has 1 atom stereocenters. The van der Waals surface area contributed by atoms with Crippen molar-refractivity contribution >= 4 is 53.1 Å². The lowest BCUT2D eigenvalue weighted by atomic mass is 10.2. The van der Waals surface area contributed by atoms with E-state index in [0.29, 0.717) is 0 Å². The summed E-state index contributed by atoms with van der Waals surface area (Å²) < 4.78 is 91.6. The highest BCUT2D eigenvalue weighted by Gasteiger charge is 2.39. The molecule has 0 unspecified atom stereocenters. The molecule has 2 aromatic carbocycles. The molecule has 0 radical (unpaired) electrons. The van der Waals surface area contributed by atoms with Gasteiger partial charge in [-0.15, -0.1) is 0 Å². The lowest BCUT2D eigenvalue weighted by Crippen LogP contribution is -2.45. The SMILES string of the molecule is COc1ccc(S(=O)(=O)NCCN([C@H]2CCS(=O)(=O)C2)S(=O)(=O)c2ccc(OC)c(NC(C)=O)c2)cc1NC(C)=O. The summed E-state index contributed by atoms with van der Waals surface area (Å²) in [6, 6.07) is 6.66. The van der Waals surface area contributed by atoms with E-state index < -0.39 is 66.6 Å². The Balaban J connectivity index is 1.91. The fraction of sp³-hybridized carbons (Fsp3) is 0.417. The van der Waals surface area contributed by atoms with Crippen molar-refractivity contribution in [2.45, 2.75) is 36.1 Å². The number of methoxy groups -OCH3 is 2. The number of anilines is 2. The summed E-state index contributed by atoms with van der Waals surface area (Å²) in [5.74, 6) is -1.11. The molecular formula is C24H32N4O10S3. The first-order valence-corrected chi connectivity index (χ1v) is 17.0. The molecule has 14 nitrogen and oxygen atoms in total. The average Bonchev–Trinajstić information content (AvgIpc) is 3.24. The topological polar surface area (TPSA) is 194 Å². The number of carbonyl (C=O) groups excluding carboxylic acids is 2. The van der Waals surface area contributed by atoms with Gasteiger partial charge in [-0.05, 0) is 42.8 Å². The molecule has 0 saturated carbocycles. The largest absolute Gasteiger partial charge is 0.495 e. The monoisotopic (exact) mass is 632 g/mol. The van der Waals surface area contributed by atoms with E-state index in [1.165, 1.54) is 64.5 Å². The van der Waals surface area contributed by atoms with Gasteiger partial charge in [0, 0.05) is 33.0 Å². The van der Waals surface area contributed by atoms with Gasteiger partial charge in [0.15, 0.2) is 9.84 Å². The number of hydrogen-bond donors (Lipinski definition) is 3. The molecule has 3 rings (SSSR count). The summed E-state index contributed by atoms with van der Waals surface area (Å²) >= 11 is 0. The van der Waals surface area contributed by atoms with Crippen LogP contribution >= 0.6 is 0 Å². The van der Waals surface area contributed by atoms with Crippen molar-refractivity contribution in [3.05, 3.63) is 36.4 Å². The van der Waals surface area contributed by atoms with Crippen LogP contribution in [-0.2, 0) is 39.5 Å². The number of ether oxygens (including phenoxy) is 2. The van der Waals surface area contributed by atoms with E-state index >= 15 is 0 Å². The third kappa shape index (κ3) is 7.94. The Kier molecular flexibility index (Phi) is 10.0. The highest BCUT2D eigenvalue weighted by atomic mass is 32.2. The van der Waals surface area contributed by atoms with Crippen LogP contribution in [0.3, 0.4) is 0 Å². The molecule has 0 aromatic heterocycles. The maximum atomic E-state index is 13.8. The second-order valence-electron chi connectivity index (χ2n) is 9.16. The van der Waals surface area contributed by atoms with E-state index in [1.54, 1.807) is 0 Å². The predicted molar refractivity (Wildman–Crippen MR) is 151 cm³/mol. The Labute approximate surface area is 239 Å². The Morgan fingerprint density at radius 2 is 1.41 bits per heavy atom. The normalized spacial score (nSPS) is 16.8. The van der Waals surface area contributed by atoms with Gasteiger partial charge in [-0.2, -0.15) is 4.31 Å². The summed E-state index contributed by atoms with van der Waals surface area (Å²) in [6.07, 6.45) is 0.0293. The van der Waals surface area contributed by atoms with E-state index in [2.05, 4.69) is 15.4 Å². The van der Waals surface area contributed by atoms with Crippen LogP contribution in [0, 0.1) is 0 Å². The number of amides is 2. The molecule has 17 heteroatoms. The molecule has 1 fully saturated rings. The predicted octanol–water partition coefficient (Wildman–Crippen LogP) is 0.777. The van der Waals surface area contributed by atoms with Crippen molar-refractivity contribution in [3.63, 3.8) is 0 Å². The van der Waals surface area contributed by atoms with Crippen LogP contribution in [-0.4, -0.2) is 86.2 Å². The minimum Gasteiger partial charge on any atom is -0.495 e. The number of nitrogens with one attached hydrogen (secondary N) is 3. The fourth-order valence-corrected chi connectivity index (χ4v) is 8.84. The van der Waals surface area contributed by atoms with Crippen LogP contribution in [0.25, 0.3) is 0 Å². The van der Waals surface area contributed by atoms with Crippen LogP contribution < -0.4 is 24.8 Å². The molecule has 2 amide bonds. The Bertz CT molecular complexity index is 1640. The molecule has 3 N–H and O–H groups in total. The molecule has 226 valence electrons. The molecule has 1 aliphatic heterocycles. The minimum absolute atomic E-state index is 0.0293. The molecular weight excluding hydrogens is 600 g/mol. The average molecular weight is 633 g/mol. The van der Waals surface area contributed by atoms with Crippen molar-refractivity contribution < 1.29 is 44.3 Å². The van der Waals surface area contributed by atoms with Gasteiger partial charge < -0.3 is 20.1 Å². The summed E-state index contributed by atoms with van der Waals surface area (Å²) in [4.78, 5) is 22.7. The molecule has 1 heterocycles. The molecule has 0 bridgehead atoms. The number of rotatable bonds is 12. The molecule has 0 spiro atoms. The Hall–Kier alpha value is -3.25. The number of carbonyl (C=O) groups is 2. The van der Waals surface area contributed by atoms with Crippen LogP contribution in [0.2, 0.25) is 0 Å². The second-order valence-corrected chi connectivity index (χ2v) is 15.0. The van der Waals surface area contributed by atoms with Gasteiger partial charge in [-0.25, -0.2) is 30.0 Å². The van der Waals surface area contributed by atoms with Crippen LogP contribution in [0.15, 0.2) is 46.2 Å². The molecule has 41 heavy (non-hydrogen) atoms. The van der Waals surface area contributed by atoms with Gasteiger partial charge in [0.2, 0.25) is 31.9 Å². The first kappa shape index (κ1) is 32.3. The summed E-state index contributed by atoms with van der Waals surface area (Å²) in [5, 5.41) is 4.98. The quantitative estimate of drug-likeness (QED) is 0.301. The number of benzene rings is 2. The van der Waals surface area contributed by atoms with Crippen molar-refractivity contribution in [1.29, 1.82) is 0 Å². The summed E-state index contributed by atoms with van der Waals surface area (Å²) in [6.45, 7) is 1.70. The molecule has 2 aromatic rings. The van der Waals surface area contributed by atoms with E-state index in [9.17, 15) is 34.8 Å². The zero-order valence-electron chi connectivity index (χ0n) is 22.8. The molecule has 1 aliphatic rings. The van der Waals surface area contributed by atoms with Crippen molar-refractivity contribution in [1.82, 2.24) is 9.03 Å². The zero-order chi connectivity index (χ0) is 30.6. The van der Waals surface area contributed by atoms with E-state index in [-0.39, 0.29) is 44.8 Å².